The molecule has 218 valence electrons. The van der Waals surface area contributed by atoms with E-state index in [1.807, 2.05) is 103 Å². The minimum absolute atomic E-state index is 0.0542. The van der Waals surface area contributed by atoms with Crippen molar-refractivity contribution in [3.63, 3.8) is 0 Å². The van der Waals surface area contributed by atoms with Crippen molar-refractivity contribution in [1.29, 1.82) is 0 Å². The lowest BCUT2D eigenvalue weighted by atomic mass is 9.84. The molecule has 0 bridgehead atoms. The fourth-order valence-electron chi connectivity index (χ4n) is 7.47. The predicted molar refractivity (Wildman–Crippen MR) is 200 cm³/mol. The van der Waals surface area contributed by atoms with Crippen molar-refractivity contribution in [2.75, 3.05) is 0 Å². The quantitative estimate of drug-likeness (QED) is 0.184. The fraction of sp³-hybridized carbons (Fsp3) is 0. The van der Waals surface area contributed by atoms with Gasteiger partial charge >= 0.3 is 0 Å². The standard InChI is InChI=1S/C46H28O/c1-3-14-33-29(11-1)13-9-20-34(33)31-23-25-32(26-24-31)43-36-16-5-7-18-38(36)44(39-19-8-6-17-37(39)43)40-21-10-22-42-45(40)41-28-27-30-12-2-4-15-35(30)46(41)47-42/h1-28H/i23D,24D,25D,26D. The molecule has 1 nitrogen and oxygen atoms in total. The van der Waals surface area contributed by atoms with Gasteiger partial charge in [-0.1, -0.05) is 158 Å². The first kappa shape index (κ1) is 22.3. The van der Waals surface area contributed by atoms with E-state index in [-0.39, 0.29) is 24.2 Å². The molecule has 0 aliphatic rings. The molecule has 0 radical (unpaired) electrons. The molecule has 0 fully saturated rings. The van der Waals surface area contributed by atoms with E-state index in [1.165, 1.54) is 0 Å². The SMILES string of the molecule is [2H]c1c([2H])c(-c2c3ccccc3c(-c3cccc4oc5c6ccccc6ccc5c34)c3ccccc23)c([2H])c([2H])c1-c1cccc2ccccc12. The van der Waals surface area contributed by atoms with Gasteiger partial charge in [-0.15, -0.1) is 0 Å². The Morgan fingerprint density at radius 2 is 0.872 bits per heavy atom. The van der Waals surface area contributed by atoms with Crippen molar-refractivity contribution in [2.45, 2.75) is 0 Å². The van der Waals surface area contributed by atoms with Crippen molar-refractivity contribution in [2.24, 2.45) is 0 Å². The first-order valence-corrected chi connectivity index (χ1v) is 15.9. The average Bonchev–Trinajstić information content (AvgIpc) is 3.57. The second-order valence-electron chi connectivity index (χ2n) is 12.1. The van der Waals surface area contributed by atoms with Crippen LogP contribution < -0.4 is 0 Å². The Balaban J connectivity index is 1.30. The van der Waals surface area contributed by atoms with Crippen molar-refractivity contribution in [1.82, 2.24) is 0 Å². The molecule has 10 aromatic rings. The lowest BCUT2D eigenvalue weighted by Gasteiger charge is -2.18. The van der Waals surface area contributed by atoms with E-state index in [9.17, 15) is 5.48 Å². The number of fused-ring (bicyclic) bond motifs is 8. The number of benzene rings is 9. The number of furan rings is 1. The molecule has 0 N–H and O–H groups in total. The smallest absolute Gasteiger partial charge is 0.143 e. The Kier molecular flexibility index (Phi) is 4.83. The Bertz CT molecular complexity index is 2990. The predicted octanol–water partition coefficient (Wildman–Crippen LogP) is 13.2. The average molecular weight is 601 g/mol. The van der Waals surface area contributed by atoms with Crippen LogP contribution in [0, 0.1) is 0 Å². The zero-order valence-corrected chi connectivity index (χ0v) is 25.3. The molecule has 0 saturated carbocycles. The Hall–Kier alpha value is -6.18. The topological polar surface area (TPSA) is 13.1 Å². The Morgan fingerprint density at radius 3 is 1.57 bits per heavy atom. The molecule has 0 aliphatic carbocycles. The number of hydrogen-bond acceptors (Lipinski definition) is 1. The van der Waals surface area contributed by atoms with Crippen LogP contribution in [0.3, 0.4) is 0 Å². The summed E-state index contributed by atoms with van der Waals surface area (Å²) in [6, 6.07) is 48.5. The molecular formula is C46H28O. The van der Waals surface area contributed by atoms with Crippen molar-refractivity contribution >= 4 is 65.0 Å². The van der Waals surface area contributed by atoms with E-state index in [1.54, 1.807) is 0 Å². The second-order valence-corrected chi connectivity index (χ2v) is 12.1. The van der Waals surface area contributed by atoms with Crippen molar-refractivity contribution in [3.8, 4) is 33.4 Å². The summed E-state index contributed by atoms with van der Waals surface area (Å²) in [7, 11) is 0. The van der Waals surface area contributed by atoms with E-state index in [0.29, 0.717) is 22.3 Å². The number of hydrogen-bond donors (Lipinski definition) is 0. The summed E-state index contributed by atoms with van der Waals surface area (Å²) in [5.41, 5.74) is 5.72. The van der Waals surface area contributed by atoms with Gasteiger partial charge in [0.05, 0.1) is 5.48 Å². The van der Waals surface area contributed by atoms with Crippen LogP contribution in [0.1, 0.15) is 5.48 Å². The minimum Gasteiger partial charge on any atom is -0.455 e. The Labute approximate surface area is 277 Å². The van der Waals surface area contributed by atoms with Crippen LogP contribution in [0.2, 0.25) is 0 Å². The van der Waals surface area contributed by atoms with Crippen molar-refractivity contribution < 1.29 is 9.90 Å². The minimum atomic E-state index is -0.0585. The number of rotatable bonds is 3. The van der Waals surface area contributed by atoms with E-state index < -0.39 is 0 Å². The van der Waals surface area contributed by atoms with Crippen LogP contribution in [0.5, 0.6) is 0 Å². The van der Waals surface area contributed by atoms with Gasteiger partial charge in [-0.05, 0) is 83.2 Å². The molecule has 1 heterocycles. The molecule has 0 saturated heterocycles. The molecule has 1 aromatic heterocycles. The fourth-order valence-corrected chi connectivity index (χ4v) is 7.47. The first-order chi connectivity index (χ1) is 25.0. The summed E-state index contributed by atoms with van der Waals surface area (Å²) in [4.78, 5) is 0. The van der Waals surface area contributed by atoms with Gasteiger partial charge in [0.2, 0.25) is 0 Å². The van der Waals surface area contributed by atoms with Gasteiger partial charge in [0.1, 0.15) is 11.2 Å². The zero-order valence-electron chi connectivity index (χ0n) is 29.3. The second kappa shape index (κ2) is 10.2. The maximum absolute atomic E-state index is 9.48. The van der Waals surface area contributed by atoms with E-state index in [0.717, 1.165) is 76.2 Å². The summed E-state index contributed by atoms with van der Waals surface area (Å²) in [5, 5.41) is 9.78. The van der Waals surface area contributed by atoms with Gasteiger partial charge in [0.25, 0.3) is 0 Å². The maximum atomic E-state index is 9.48. The normalized spacial score (nSPS) is 13.0. The highest BCUT2D eigenvalue weighted by atomic mass is 16.3. The highest BCUT2D eigenvalue weighted by molar-refractivity contribution is 6.27. The molecule has 10 rings (SSSR count). The first-order valence-electron chi connectivity index (χ1n) is 17.9. The third-order valence-electron chi connectivity index (χ3n) is 9.52. The summed E-state index contributed by atoms with van der Waals surface area (Å²) in [6.45, 7) is 0. The molecule has 0 aliphatic heterocycles. The van der Waals surface area contributed by atoms with E-state index >= 15 is 0 Å². The zero-order chi connectivity index (χ0) is 34.4. The monoisotopic (exact) mass is 600 g/mol. The van der Waals surface area contributed by atoms with Crippen molar-refractivity contribution in [3.05, 3.63) is 170 Å². The molecule has 9 aromatic carbocycles. The van der Waals surface area contributed by atoms with Gasteiger partial charge in [0.15, 0.2) is 0 Å². The van der Waals surface area contributed by atoms with Crippen LogP contribution in [0.15, 0.2) is 174 Å². The van der Waals surface area contributed by atoms with E-state index in [4.69, 9.17) is 4.42 Å². The van der Waals surface area contributed by atoms with Crippen LogP contribution in [0.25, 0.3) is 98.4 Å². The van der Waals surface area contributed by atoms with Crippen LogP contribution in [0.4, 0.5) is 0 Å². The van der Waals surface area contributed by atoms with Gasteiger partial charge in [-0.2, -0.15) is 0 Å². The van der Waals surface area contributed by atoms with Crippen LogP contribution in [-0.4, -0.2) is 0 Å². The van der Waals surface area contributed by atoms with E-state index in [2.05, 4.69) is 42.5 Å². The third-order valence-corrected chi connectivity index (χ3v) is 9.52. The van der Waals surface area contributed by atoms with Gasteiger partial charge in [-0.25, -0.2) is 0 Å². The maximum Gasteiger partial charge on any atom is 0.143 e. The Morgan fingerprint density at radius 1 is 0.362 bits per heavy atom. The molecule has 47 heavy (non-hydrogen) atoms. The molecular weight excluding hydrogens is 569 g/mol. The summed E-state index contributed by atoms with van der Waals surface area (Å²) in [6.07, 6.45) is 0. The van der Waals surface area contributed by atoms with Crippen LogP contribution >= 0.6 is 0 Å². The van der Waals surface area contributed by atoms with Gasteiger partial charge in [0, 0.05) is 16.2 Å². The highest BCUT2D eigenvalue weighted by Crippen LogP contribution is 2.47. The summed E-state index contributed by atoms with van der Waals surface area (Å²) in [5.74, 6) is 0. The molecule has 0 unspecified atom stereocenters. The van der Waals surface area contributed by atoms with Gasteiger partial charge < -0.3 is 4.42 Å². The summed E-state index contributed by atoms with van der Waals surface area (Å²) >= 11 is 0. The summed E-state index contributed by atoms with van der Waals surface area (Å²) < 4.78 is 44.2. The third kappa shape index (κ3) is 3.90. The molecule has 1 heteroatoms. The highest BCUT2D eigenvalue weighted by Gasteiger charge is 2.21. The molecule has 0 amide bonds. The van der Waals surface area contributed by atoms with Gasteiger partial charge in [-0.3, -0.25) is 0 Å². The molecule has 0 atom stereocenters. The molecule has 0 spiro atoms. The lowest BCUT2D eigenvalue weighted by molar-refractivity contribution is 0.673. The van der Waals surface area contributed by atoms with Crippen LogP contribution in [-0.2, 0) is 0 Å². The largest absolute Gasteiger partial charge is 0.455 e. The lowest BCUT2D eigenvalue weighted by Crippen LogP contribution is -1.91.